The van der Waals surface area contributed by atoms with Crippen molar-refractivity contribution in [2.45, 2.75) is 64.5 Å². The monoisotopic (exact) mass is 366 g/mol. The third kappa shape index (κ3) is 6.19. The lowest BCUT2D eigenvalue weighted by Gasteiger charge is -2.35. The smallest absolute Gasteiger partial charge is 0.261 e. The fourth-order valence-corrected chi connectivity index (χ4v) is 3.62. The van der Waals surface area contributed by atoms with E-state index in [1.54, 1.807) is 12.1 Å². The van der Waals surface area contributed by atoms with E-state index >= 15 is 0 Å². The quantitative estimate of drug-likeness (QED) is 0.663. The molecule has 0 spiro atoms. The van der Waals surface area contributed by atoms with Crippen LogP contribution in [-0.2, 0) is 4.79 Å². The van der Waals surface area contributed by atoms with Gasteiger partial charge in [-0.25, -0.2) is 0 Å². The van der Waals surface area contributed by atoms with Crippen LogP contribution < -0.4 is 10.1 Å². The lowest BCUT2D eigenvalue weighted by Crippen LogP contribution is -2.42. The van der Waals surface area contributed by atoms with Crippen LogP contribution in [0.3, 0.4) is 0 Å². The molecule has 0 bridgehead atoms. The van der Waals surface area contributed by atoms with Gasteiger partial charge in [-0.05, 0) is 50.8 Å². The van der Waals surface area contributed by atoms with Gasteiger partial charge >= 0.3 is 0 Å². The van der Waals surface area contributed by atoms with E-state index in [4.69, 9.17) is 16.3 Å². The van der Waals surface area contributed by atoms with Crippen LogP contribution in [0.5, 0.6) is 5.75 Å². The fourth-order valence-electron chi connectivity index (χ4n) is 3.44. The van der Waals surface area contributed by atoms with E-state index in [-0.39, 0.29) is 5.91 Å². The Morgan fingerprint density at radius 2 is 2.16 bits per heavy atom. The van der Waals surface area contributed by atoms with Crippen molar-refractivity contribution in [3.05, 3.63) is 29.3 Å². The zero-order chi connectivity index (χ0) is 18.1. The van der Waals surface area contributed by atoms with Gasteiger partial charge in [-0.1, -0.05) is 44.0 Å². The third-order valence-electron chi connectivity index (χ3n) is 4.91. The molecular weight excluding hydrogens is 336 g/mol. The van der Waals surface area contributed by atoms with Gasteiger partial charge in [0.1, 0.15) is 5.75 Å². The maximum atomic E-state index is 12.4. The number of nitrogens with one attached hydrogen (secondary N) is 1. The SMILES string of the molecule is CC[C@H]1CCCCN1CCCNC(=O)[C@H](CC)Oc1ccccc1Cl. The molecule has 1 aromatic carbocycles. The predicted molar refractivity (Wildman–Crippen MR) is 103 cm³/mol. The van der Waals surface area contributed by atoms with E-state index in [0.717, 1.165) is 19.0 Å². The second-order valence-corrected chi connectivity index (χ2v) is 7.09. The Morgan fingerprint density at radius 1 is 1.36 bits per heavy atom. The van der Waals surface area contributed by atoms with Crippen LogP contribution in [0.1, 0.15) is 52.4 Å². The molecule has 25 heavy (non-hydrogen) atoms. The molecule has 1 aromatic rings. The molecule has 1 aliphatic heterocycles. The summed E-state index contributed by atoms with van der Waals surface area (Å²) in [5.74, 6) is 0.498. The van der Waals surface area contributed by atoms with E-state index in [1.807, 2.05) is 19.1 Å². The highest BCUT2D eigenvalue weighted by atomic mass is 35.5. The minimum atomic E-state index is -0.502. The maximum absolute atomic E-state index is 12.4. The highest BCUT2D eigenvalue weighted by molar-refractivity contribution is 6.32. The maximum Gasteiger partial charge on any atom is 0.261 e. The Kier molecular flexibility index (Phi) is 8.56. The number of ether oxygens (including phenoxy) is 1. The van der Waals surface area contributed by atoms with Crippen LogP contribution in [0.2, 0.25) is 5.02 Å². The fraction of sp³-hybridized carbons (Fsp3) is 0.650. The third-order valence-corrected chi connectivity index (χ3v) is 5.22. The second kappa shape index (κ2) is 10.7. The van der Waals surface area contributed by atoms with Crippen LogP contribution in [0.15, 0.2) is 24.3 Å². The highest BCUT2D eigenvalue weighted by Gasteiger charge is 2.21. The molecule has 1 amide bonds. The van der Waals surface area contributed by atoms with Crippen molar-refractivity contribution in [3.8, 4) is 5.75 Å². The van der Waals surface area contributed by atoms with Crippen LogP contribution in [0.25, 0.3) is 0 Å². The predicted octanol–water partition coefficient (Wildman–Crippen LogP) is 4.27. The zero-order valence-corrected chi connectivity index (χ0v) is 16.2. The van der Waals surface area contributed by atoms with Gasteiger partial charge in [0.25, 0.3) is 5.91 Å². The number of carbonyl (C=O) groups excluding carboxylic acids is 1. The average molecular weight is 367 g/mol. The Balaban J connectivity index is 1.73. The lowest BCUT2D eigenvalue weighted by molar-refractivity contribution is -0.128. The van der Waals surface area contributed by atoms with Crippen molar-refractivity contribution in [2.75, 3.05) is 19.6 Å². The standard InChI is InChI=1S/C20H31ClN2O2/c1-3-16-10-7-8-14-23(16)15-9-13-22-20(24)18(4-2)25-19-12-6-5-11-17(19)21/h5-6,11-12,16,18H,3-4,7-10,13-15H2,1-2H3,(H,22,24)/t16-,18-/m0/s1. The first kappa shape index (κ1) is 20.1. The molecule has 0 radical (unpaired) electrons. The largest absolute Gasteiger partial charge is 0.479 e. The molecule has 0 saturated carbocycles. The summed E-state index contributed by atoms with van der Waals surface area (Å²) in [6.45, 7) is 7.15. The lowest BCUT2D eigenvalue weighted by atomic mass is 10.00. The molecule has 1 aliphatic rings. The van der Waals surface area contributed by atoms with E-state index in [9.17, 15) is 4.79 Å². The van der Waals surface area contributed by atoms with Crippen LogP contribution in [0, 0.1) is 0 Å². The topological polar surface area (TPSA) is 41.6 Å². The van der Waals surface area contributed by atoms with Crippen molar-refractivity contribution >= 4 is 17.5 Å². The molecule has 140 valence electrons. The molecule has 1 N–H and O–H groups in total. The minimum absolute atomic E-state index is 0.0619. The summed E-state index contributed by atoms with van der Waals surface area (Å²) in [6, 6.07) is 7.98. The molecule has 4 nitrogen and oxygen atoms in total. The molecule has 1 saturated heterocycles. The van der Waals surface area contributed by atoms with E-state index in [2.05, 4.69) is 17.1 Å². The Morgan fingerprint density at radius 3 is 2.88 bits per heavy atom. The van der Waals surface area contributed by atoms with Gasteiger partial charge in [0.2, 0.25) is 0 Å². The number of hydrogen-bond donors (Lipinski definition) is 1. The van der Waals surface area contributed by atoms with Gasteiger partial charge in [0, 0.05) is 19.1 Å². The number of carbonyl (C=O) groups is 1. The van der Waals surface area contributed by atoms with Crippen molar-refractivity contribution in [1.29, 1.82) is 0 Å². The summed E-state index contributed by atoms with van der Waals surface area (Å²) in [7, 11) is 0. The normalized spacial score (nSPS) is 19.4. The number of para-hydroxylation sites is 1. The second-order valence-electron chi connectivity index (χ2n) is 6.68. The number of benzene rings is 1. The van der Waals surface area contributed by atoms with Gasteiger partial charge in [-0.15, -0.1) is 0 Å². The van der Waals surface area contributed by atoms with Crippen LogP contribution in [-0.4, -0.2) is 42.6 Å². The van der Waals surface area contributed by atoms with Crippen LogP contribution in [0.4, 0.5) is 0 Å². The highest BCUT2D eigenvalue weighted by Crippen LogP contribution is 2.25. The molecule has 2 rings (SSSR count). The Labute approximate surface area is 156 Å². The number of halogens is 1. The molecule has 1 fully saturated rings. The number of piperidine rings is 1. The summed E-state index contributed by atoms with van der Waals surface area (Å²) >= 11 is 6.11. The molecule has 2 atom stereocenters. The number of amides is 1. The first-order valence-corrected chi connectivity index (χ1v) is 9.96. The summed E-state index contributed by atoms with van der Waals surface area (Å²) in [5, 5.41) is 3.54. The van der Waals surface area contributed by atoms with E-state index in [1.165, 1.54) is 32.2 Å². The number of hydrogen-bond acceptors (Lipinski definition) is 3. The molecule has 1 heterocycles. The first-order valence-electron chi connectivity index (χ1n) is 9.58. The molecular formula is C20H31ClN2O2. The molecule has 0 unspecified atom stereocenters. The minimum Gasteiger partial charge on any atom is -0.479 e. The Hall–Kier alpha value is -1.26. The average Bonchev–Trinajstić information content (AvgIpc) is 2.64. The van der Waals surface area contributed by atoms with Crippen molar-refractivity contribution in [3.63, 3.8) is 0 Å². The molecule has 0 aliphatic carbocycles. The molecule has 0 aromatic heterocycles. The van der Waals surface area contributed by atoms with Crippen molar-refractivity contribution in [1.82, 2.24) is 10.2 Å². The Bertz CT molecular complexity index is 538. The van der Waals surface area contributed by atoms with Gasteiger partial charge in [-0.3, -0.25) is 4.79 Å². The van der Waals surface area contributed by atoms with Gasteiger partial charge in [0.15, 0.2) is 6.10 Å². The summed E-state index contributed by atoms with van der Waals surface area (Å²) < 4.78 is 5.78. The van der Waals surface area contributed by atoms with Crippen molar-refractivity contribution in [2.24, 2.45) is 0 Å². The van der Waals surface area contributed by atoms with Gasteiger partial charge in [0.05, 0.1) is 5.02 Å². The summed E-state index contributed by atoms with van der Waals surface area (Å²) in [6.07, 6.45) is 6.27. The number of nitrogens with zero attached hydrogens (tertiary/aromatic N) is 1. The van der Waals surface area contributed by atoms with Crippen LogP contribution >= 0.6 is 11.6 Å². The van der Waals surface area contributed by atoms with Gasteiger partial charge < -0.3 is 15.0 Å². The zero-order valence-electron chi connectivity index (χ0n) is 15.5. The first-order chi connectivity index (χ1) is 12.2. The van der Waals surface area contributed by atoms with E-state index in [0.29, 0.717) is 23.7 Å². The number of rotatable bonds is 9. The summed E-state index contributed by atoms with van der Waals surface area (Å²) in [4.78, 5) is 14.9. The summed E-state index contributed by atoms with van der Waals surface area (Å²) in [5.41, 5.74) is 0. The van der Waals surface area contributed by atoms with Gasteiger partial charge in [-0.2, -0.15) is 0 Å². The number of likely N-dealkylation sites (tertiary alicyclic amines) is 1. The van der Waals surface area contributed by atoms with Crippen molar-refractivity contribution < 1.29 is 9.53 Å². The molecule has 5 heteroatoms. The van der Waals surface area contributed by atoms with E-state index < -0.39 is 6.10 Å².